The van der Waals surface area contributed by atoms with E-state index in [4.69, 9.17) is 9.47 Å². The smallest absolute Gasteiger partial charge is 0.232 e. The molecule has 0 fully saturated rings. The summed E-state index contributed by atoms with van der Waals surface area (Å²) < 4.78 is 10.6. The highest BCUT2D eigenvalue weighted by Crippen LogP contribution is 2.30. The van der Waals surface area contributed by atoms with E-state index in [-0.39, 0.29) is 0 Å². The van der Waals surface area contributed by atoms with Crippen LogP contribution in [0.5, 0.6) is 11.5 Å². The van der Waals surface area contributed by atoms with E-state index < -0.39 is 0 Å². The summed E-state index contributed by atoms with van der Waals surface area (Å²) in [5.41, 5.74) is 2.75. The first kappa shape index (κ1) is 16.6. The summed E-state index contributed by atoms with van der Waals surface area (Å²) in [4.78, 5) is 15.9. The van der Waals surface area contributed by atoms with Gasteiger partial charge in [-0.25, -0.2) is 9.97 Å². The maximum atomic E-state index is 5.31. The van der Waals surface area contributed by atoms with Crippen LogP contribution in [0.25, 0.3) is 10.9 Å². The molecule has 0 aliphatic carbocycles. The number of fused-ring (bicyclic) bond motifs is 1. The van der Waals surface area contributed by atoms with Crippen molar-refractivity contribution >= 4 is 34.2 Å². The zero-order valence-corrected chi connectivity index (χ0v) is 14.9. The monoisotopic (exact) mass is 362 g/mol. The third-order valence-corrected chi connectivity index (χ3v) is 4.02. The van der Waals surface area contributed by atoms with Gasteiger partial charge < -0.3 is 25.1 Å². The second kappa shape index (κ2) is 7.20. The van der Waals surface area contributed by atoms with Gasteiger partial charge in [-0.05, 0) is 36.4 Å². The molecule has 0 aliphatic heterocycles. The Bertz CT molecular complexity index is 1080. The molecule has 0 bridgehead atoms. The first-order valence-electron chi connectivity index (χ1n) is 8.27. The van der Waals surface area contributed by atoms with Crippen LogP contribution in [-0.4, -0.2) is 34.2 Å². The molecule has 0 saturated carbocycles. The minimum absolute atomic E-state index is 0.419. The Morgan fingerprint density at radius 3 is 2.26 bits per heavy atom. The average Bonchev–Trinajstić information content (AvgIpc) is 3.16. The number of anilines is 4. The predicted octanol–water partition coefficient (Wildman–Crippen LogP) is 3.86. The Kier molecular flexibility index (Phi) is 4.44. The Morgan fingerprint density at radius 2 is 1.52 bits per heavy atom. The molecule has 0 amide bonds. The quantitative estimate of drug-likeness (QED) is 0.479. The molecule has 8 heteroatoms. The SMILES string of the molecule is COc1ccc(Nc2ncnc(Nc3ccc4[nH]ccc4c3)n2)cc1OC. The van der Waals surface area contributed by atoms with Crippen molar-refractivity contribution in [1.82, 2.24) is 19.9 Å². The van der Waals surface area contributed by atoms with Gasteiger partial charge in [0.25, 0.3) is 0 Å². The van der Waals surface area contributed by atoms with Crippen molar-refractivity contribution in [3.05, 3.63) is 55.0 Å². The number of methoxy groups -OCH3 is 2. The van der Waals surface area contributed by atoms with Gasteiger partial charge in [-0.1, -0.05) is 0 Å². The zero-order chi connectivity index (χ0) is 18.6. The first-order chi connectivity index (χ1) is 13.2. The Morgan fingerprint density at radius 1 is 0.815 bits per heavy atom. The number of aromatic nitrogens is 4. The molecule has 0 saturated heterocycles. The summed E-state index contributed by atoms with van der Waals surface area (Å²) in [5.74, 6) is 2.14. The van der Waals surface area contributed by atoms with Crippen LogP contribution in [0.3, 0.4) is 0 Å². The molecule has 0 spiro atoms. The van der Waals surface area contributed by atoms with Crippen LogP contribution < -0.4 is 20.1 Å². The Labute approximate surface area is 155 Å². The van der Waals surface area contributed by atoms with Crippen LogP contribution in [0, 0.1) is 0 Å². The van der Waals surface area contributed by atoms with E-state index >= 15 is 0 Å². The van der Waals surface area contributed by atoms with Crippen LogP contribution in [0.15, 0.2) is 55.0 Å². The Balaban J connectivity index is 1.53. The molecule has 0 atom stereocenters. The fourth-order valence-corrected chi connectivity index (χ4v) is 2.72. The number of nitrogens with zero attached hydrogens (tertiary/aromatic N) is 3. The summed E-state index contributed by atoms with van der Waals surface area (Å²) in [6.45, 7) is 0. The van der Waals surface area contributed by atoms with Crippen molar-refractivity contribution in [2.24, 2.45) is 0 Å². The van der Waals surface area contributed by atoms with E-state index in [9.17, 15) is 0 Å². The average molecular weight is 362 g/mol. The van der Waals surface area contributed by atoms with Crippen molar-refractivity contribution in [2.75, 3.05) is 24.9 Å². The van der Waals surface area contributed by atoms with Crippen LogP contribution in [-0.2, 0) is 0 Å². The van der Waals surface area contributed by atoms with Gasteiger partial charge in [0.05, 0.1) is 14.2 Å². The van der Waals surface area contributed by atoms with E-state index in [0.29, 0.717) is 23.4 Å². The molecule has 8 nitrogen and oxygen atoms in total. The van der Waals surface area contributed by atoms with Crippen LogP contribution in [0.1, 0.15) is 0 Å². The van der Waals surface area contributed by atoms with Gasteiger partial charge in [0.1, 0.15) is 6.33 Å². The molecule has 3 N–H and O–H groups in total. The van der Waals surface area contributed by atoms with Gasteiger partial charge >= 0.3 is 0 Å². The Hall–Kier alpha value is -3.81. The fraction of sp³-hybridized carbons (Fsp3) is 0.105. The third kappa shape index (κ3) is 3.59. The van der Waals surface area contributed by atoms with Crippen molar-refractivity contribution in [2.45, 2.75) is 0 Å². The third-order valence-electron chi connectivity index (χ3n) is 4.02. The number of nitrogens with one attached hydrogen (secondary N) is 3. The number of hydrogen-bond donors (Lipinski definition) is 3. The standard InChI is InChI=1S/C19H18N6O2/c1-26-16-6-4-14(10-17(16)27-2)24-19-22-11-21-18(25-19)23-13-3-5-15-12(9-13)7-8-20-15/h3-11,20H,1-2H3,(H2,21,22,23,24,25). The molecule has 2 aromatic heterocycles. The molecule has 2 heterocycles. The first-order valence-corrected chi connectivity index (χ1v) is 8.27. The fourth-order valence-electron chi connectivity index (χ4n) is 2.72. The van der Waals surface area contributed by atoms with Crippen molar-refractivity contribution in [3.63, 3.8) is 0 Å². The lowest BCUT2D eigenvalue weighted by Gasteiger charge is -2.11. The minimum Gasteiger partial charge on any atom is -0.493 e. The summed E-state index contributed by atoms with van der Waals surface area (Å²) in [6, 6.07) is 13.5. The molecule has 27 heavy (non-hydrogen) atoms. The molecule has 0 unspecified atom stereocenters. The lowest BCUT2D eigenvalue weighted by molar-refractivity contribution is 0.355. The van der Waals surface area contributed by atoms with E-state index in [1.807, 2.05) is 48.7 Å². The van der Waals surface area contributed by atoms with Crippen LogP contribution in [0.4, 0.5) is 23.3 Å². The lowest BCUT2D eigenvalue weighted by Crippen LogP contribution is -2.03. The van der Waals surface area contributed by atoms with Gasteiger partial charge in [-0.3, -0.25) is 0 Å². The summed E-state index contributed by atoms with van der Waals surface area (Å²) >= 11 is 0. The summed E-state index contributed by atoms with van der Waals surface area (Å²) in [7, 11) is 3.19. The molecular formula is C19H18N6O2. The topological polar surface area (TPSA) is 97.0 Å². The van der Waals surface area contributed by atoms with Gasteiger partial charge in [-0.15, -0.1) is 0 Å². The second-order valence-electron chi connectivity index (χ2n) is 5.73. The number of benzene rings is 2. The number of rotatable bonds is 6. The largest absolute Gasteiger partial charge is 0.493 e. The highest BCUT2D eigenvalue weighted by atomic mass is 16.5. The number of ether oxygens (including phenoxy) is 2. The number of H-pyrrole nitrogens is 1. The molecule has 0 aliphatic rings. The van der Waals surface area contributed by atoms with E-state index in [2.05, 4.69) is 30.6 Å². The van der Waals surface area contributed by atoms with E-state index in [1.165, 1.54) is 6.33 Å². The van der Waals surface area contributed by atoms with Gasteiger partial charge in [-0.2, -0.15) is 4.98 Å². The maximum Gasteiger partial charge on any atom is 0.232 e. The van der Waals surface area contributed by atoms with Crippen LogP contribution >= 0.6 is 0 Å². The van der Waals surface area contributed by atoms with E-state index in [0.717, 1.165) is 22.3 Å². The van der Waals surface area contributed by atoms with Crippen molar-refractivity contribution < 1.29 is 9.47 Å². The molecule has 2 aromatic carbocycles. The number of aromatic amines is 1. The number of hydrogen-bond acceptors (Lipinski definition) is 7. The maximum absolute atomic E-state index is 5.31. The minimum atomic E-state index is 0.419. The lowest BCUT2D eigenvalue weighted by atomic mass is 10.2. The predicted molar refractivity (Wildman–Crippen MR) is 104 cm³/mol. The molecule has 136 valence electrons. The molecular weight excluding hydrogens is 344 g/mol. The highest BCUT2D eigenvalue weighted by Gasteiger charge is 2.07. The van der Waals surface area contributed by atoms with Gasteiger partial charge in [0, 0.05) is 34.5 Å². The van der Waals surface area contributed by atoms with Crippen molar-refractivity contribution in [1.29, 1.82) is 0 Å². The summed E-state index contributed by atoms with van der Waals surface area (Å²) in [5, 5.41) is 7.44. The molecule has 0 radical (unpaired) electrons. The van der Waals surface area contributed by atoms with Gasteiger partial charge in [0.2, 0.25) is 11.9 Å². The van der Waals surface area contributed by atoms with Crippen LogP contribution in [0.2, 0.25) is 0 Å². The normalized spacial score (nSPS) is 10.6. The van der Waals surface area contributed by atoms with Crippen molar-refractivity contribution in [3.8, 4) is 11.5 Å². The molecule has 4 aromatic rings. The van der Waals surface area contributed by atoms with E-state index in [1.54, 1.807) is 14.2 Å². The highest BCUT2D eigenvalue weighted by molar-refractivity contribution is 5.83. The second-order valence-corrected chi connectivity index (χ2v) is 5.73. The summed E-state index contributed by atoms with van der Waals surface area (Å²) in [6.07, 6.45) is 3.36. The zero-order valence-electron chi connectivity index (χ0n) is 14.9. The van der Waals surface area contributed by atoms with Gasteiger partial charge in [0.15, 0.2) is 11.5 Å². The molecule has 4 rings (SSSR count).